The number of halogens is 1. The topological polar surface area (TPSA) is 63.3 Å². The van der Waals surface area contributed by atoms with Crippen molar-refractivity contribution in [2.24, 2.45) is 5.73 Å². The highest BCUT2D eigenvalue weighted by atomic mass is 79.9. The zero-order valence-corrected chi connectivity index (χ0v) is 11.7. The quantitative estimate of drug-likeness (QED) is 0.879. The summed E-state index contributed by atoms with van der Waals surface area (Å²) in [4.78, 5) is 10.7. The van der Waals surface area contributed by atoms with E-state index < -0.39 is 12.0 Å². The summed E-state index contributed by atoms with van der Waals surface area (Å²) >= 11 is 3.53. The smallest absolute Gasteiger partial charge is 0.320 e. The normalized spacial score (nSPS) is 14.4. The highest BCUT2D eigenvalue weighted by molar-refractivity contribution is 9.10. The molecule has 0 aliphatic carbocycles. The van der Waals surface area contributed by atoms with Crippen LogP contribution in [0.1, 0.15) is 37.3 Å². The van der Waals surface area contributed by atoms with Crippen LogP contribution in [0.15, 0.2) is 22.7 Å². The maximum atomic E-state index is 10.7. The number of benzene rings is 1. The molecule has 1 aromatic rings. The molecule has 0 saturated carbocycles. The maximum Gasteiger partial charge on any atom is 0.320 e. The van der Waals surface area contributed by atoms with E-state index in [0.717, 1.165) is 16.5 Å². The first-order chi connectivity index (χ1) is 7.95. The molecule has 2 atom stereocenters. The third kappa shape index (κ3) is 3.82. The van der Waals surface area contributed by atoms with Crippen LogP contribution in [0.5, 0.6) is 0 Å². The molecule has 0 spiro atoms. The van der Waals surface area contributed by atoms with Crippen molar-refractivity contribution in [3.8, 4) is 0 Å². The first-order valence-corrected chi connectivity index (χ1v) is 6.51. The summed E-state index contributed by atoms with van der Waals surface area (Å²) in [6.45, 7) is 4.31. The Kier molecular flexibility index (Phi) is 5.15. The minimum absolute atomic E-state index is 0.356. The lowest BCUT2D eigenvalue weighted by Crippen LogP contribution is -2.32. The molecular weight excluding hydrogens is 282 g/mol. The molecule has 0 radical (unpaired) electrons. The fourth-order valence-corrected chi connectivity index (χ4v) is 2.48. The summed E-state index contributed by atoms with van der Waals surface area (Å²) in [7, 11) is 0. The van der Waals surface area contributed by atoms with Gasteiger partial charge in [-0.3, -0.25) is 4.79 Å². The van der Waals surface area contributed by atoms with Crippen LogP contribution in [-0.4, -0.2) is 17.1 Å². The lowest BCUT2D eigenvalue weighted by molar-refractivity contribution is -0.138. The Morgan fingerprint density at radius 2 is 2.18 bits per heavy atom. The molecule has 3 N–H and O–H groups in total. The SMILES string of the molecule is CCC(C)c1ccc(CC(N)C(=O)O)cc1Br. The lowest BCUT2D eigenvalue weighted by Gasteiger charge is -2.13. The van der Waals surface area contributed by atoms with E-state index in [-0.39, 0.29) is 0 Å². The minimum Gasteiger partial charge on any atom is -0.480 e. The van der Waals surface area contributed by atoms with E-state index in [0.29, 0.717) is 12.3 Å². The molecule has 17 heavy (non-hydrogen) atoms. The fourth-order valence-electron chi connectivity index (χ4n) is 1.66. The molecule has 0 fully saturated rings. The van der Waals surface area contributed by atoms with Gasteiger partial charge in [0.15, 0.2) is 0 Å². The van der Waals surface area contributed by atoms with Crippen molar-refractivity contribution < 1.29 is 9.90 Å². The van der Waals surface area contributed by atoms with Crippen molar-refractivity contribution in [2.75, 3.05) is 0 Å². The van der Waals surface area contributed by atoms with Gasteiger partial charge in [-0.1, -0.05) is 41.9 Å². The Hall–Kier alpha value is -0.870. The predicted octanol–water partition coefficient (Wildman–Crippen LogP) is 2.92. The molecule has 0 aliphatic heterocycles. The van der Waals surface area contributed by atoms with Gasteiger partial charge in [0.1, 0.15) is 6.04 Å². The summed E-state index contributed by atoms with van der Waals surface area (Å²) in [5, 5.41) is 8.76. The monoisotopic (exact) mass is 299 g/mol. The van der Waals surface area contributed by atoms with E-state index in [1.807, 2.05) is 18.2 Å². The van der Waals surface area contributed by atoms with E-state index >= 15 is 0 Å². The van der Waals surface area contributed by atoms with Gasteiger partial charge in [-0.05, 0) is 36.0 Å². The highest BCUT2D eigenvalue weighted by Gasteiger charge is 2.14. The van der Waals surface area contributed by atoms with Crippen molar-refractivity contribution >= 4 is 21.9 Å². The third-order valence-corrected chi connectivity index (χ3v) is 3.67. The summed E-state index contributed by atoms with van der Waals surface area (Å²) in [6.07, 6.45) is 1.43. The number of aliphatic carboxylic acids is 1. The minimum atomic E-state index is -0.966. The molecule has 1 rings (SSSR count). The molecule has 3 nitrogen and oxygen atoms in total. The second-order valence-corrected chi connectivity index (χ2v) is 5.17. The van der Waals surface area contributed by atoms with Gasteiger partial charge >= 0.3 is 5.97 Å². The Labute approximate surface area is 110 Å². The Morgan fingerprint density at radius 1 is 1.53 bits per heavy atom. The number of hydrogen-bond donors (Lipinski definition) is 2. The lowest BCUT2D eigenvalue weighted by atomic mass is 9.96. The molecule has 0 amide bonds. The van der Waals surface area contributed by atoms with Crippen LogP contribution >= 0.6 is 15.9 Å². The highest BCUT2D eigenvalue weighted by Crippen LogP contribution is 2.28. The van der Waals surface area contributed by atoms with Gasteiger partial charge < -0.3 is 10.8 Å². The standard InChI is InChI=1S/C13H18BrNO2/c1-3-8(2)10-5-4-9(6-11(10)14)7-12(15)13(16)17/h4-6,8,12H,3,7,15H2,1-2H3,(H,16,17). The summed E-state index contributed by atoms with van der Waals surface area (Å²) in [5.41, 5.74) is 7.70. The molecule has 2 unspecified atom stereocenters. The second kappa shape index (κ2) is 6.17. The van der Waals surface area contributed by atoms with Gasteiger partial charge in [-0.15, -0.1) is 0 Å². The summed E-state index contributed by atoms with van der Waals surface area (Å²) < 4.78 is 1.03. The average Bonchev–Trinajstić information content (AvgIpc) is 2.28. The van der Waals surface area contributed by atoms with E-state index in [4.69, 9.17) is 10.8 Å². The first kappa shape index (κ1) is 14.2. The number of rotatable bonds is 5. The number of carbonyl (C=O) groups is 1. The molecule has 0 aromatic heterocycles. The van der Waals surface area contributed by atoms with Crippen LogP contribution in [0.4, 0.5) is 0 Å². The summed E-state index contributed by atoms with van der Waals surface area (Å²) in [6, 6.07) is 5.12. The van der Waals surface area contributed by atoms with Gasteiger partial charge in [0.25, 0.3) is 0 Å². The number of hydrogen-bond acceptors (Lipinski definition) is 2. The third-order valence-electron chi connectivity index (χ3n) is 2.98. The molecule has 1 aromatic carbocycles. The van der Waals surface area contributed by atoms with Crippen LogP contribution in [0, 0.1) is 0 Å². The average molecular weight is 300 g/mol. The Morgan fingerprint density at radius 3 is 2.65 bits per heavy atom. The molecule has 0 saturated heterocycles. The molecule has 0 bridgehead atoms. The molecule has 94 valence electrons. The zero-order chi connectivity index (χ0) is 13.0. The van der Waals surface area contributed by atoms with Crippen LogP contribution in [0.3, 0.4) is 0 Å². The van der Waals surface area contributed by atoms with Gasteiger partial charge in [0.2, 0.25) is 0 Å². The van der Waals surface area contributed by atoms with E-state index in [1.54, 1.807) is 0 Å². The molecule has 0 heterocycles. The van der Waals surface area contributed by atoms with Crippen LogP contribution < -0.4 is 5.73 Å². The van der Waals surface area contributed by atoms with Gasteiger partial charge in [-0.25, -0.2) is 0 Å². The van der Waals surface area contributed by atoms with Crippen molar-refractivity contribution in [3.05, 3.63) is 33.8 Å². The summed E-state index contributed by atoms with van der Waals surface area (Å²) in [5.74, 6) is -0.473. The molecule has 4 heteroatoms. The Balaban J connectivity index is 2.85. The van der Waals surface area contributed by atoms with Crippen LogP contribution in [0.25, 0.3) is 0 Å². The maximum absolute atomic E-state index is 10.7. The zero-order valence-electron chi connectivity index (χ0n) is 10.1. The number of nitrogens with two attached hydrogens (primary N) is 1. The van der Waals surface area contributed by atoms with Crippen LogP contribution in [0.2, 0.25) is 0 Å². The van der Waals surface area contributed by atoms with Crippen LogP contribution in [-0.2, 0) is 11.2 Å². The van der Waals surface area contributed by atoms with Gasteiger partial charge in [0, 0.05) is 4.47 Å². The van der Waals surface area contributed by atoms with Gasteiger partial charge in [-0.2, -0.15) is 0 Å². The van der Waals surface area contributed by atoms with Crippen molar-refractivity contribution in [1.29, 1.82) is 0 Å². The molecule has 0 aliphatic rings. The van der Waals surface area contributed by atoms with E-state index in [1.165, 1.54) is 5.56 Å². The van der Waals surface area contributed by atoms with Crippen molar-refractivity contribution in [1.82, 2.24) is 0 Å². The second-order valence-electron chi connectivity index (χ2n) is 4.31. The predicted molar refractivity (Wildman–Crippen MR) is 72.2 cm³/mol. The van der Waals surface area contributed by atoms with Gasteiger partial charge in [0.05, 0.1) is 0 Å². The Bertz CT molecular complexity index is 406. The largest absolute Gasteiger partial charge is 0.480 e. The molecular formula is C13H18BrNO2. The van der Waals surface area contributed by atoms with E-state index in [2.05, 4.69) is 29.8 Å². The first-order valence-electron chi connectivity index (χ1n) is 5.72. The van der Waals surface area contributed by atoms with E-state index in [9.17, 15) is 4.79 Å². The number of carboxylic acids is 1. The van der Waals surface area contributed by atoms with Crippen molar-refractivity contribution in [3.63, 3.8) is 0 Å². The fraction of sp³-hybridized carbons (Fsp3) is 0.462. The van der Waals surface area contributed by atoms with Crippen molar-refractivity contribution in [2.45, 2.75) is 38.6 Å². The number of carboxylic acid groups (broad SMARTS) is 1.